The Morgan fingerprint density at radius 3 is 2.44 bits per heavy atom. The number of benzene rings is 1. The third kappa shape index (κ3) is 3.57. The molecule has 5 nitrogen and oxygen atoms in total. The van der Waals surface area contributed by atoms with Gasteiger partial charge in [0.1, 0.15) is 11.6 Å². The number of hydrogen-bond acceptors (Lipinski definition) is 4. The molecule has 0 saturated carbocycles. The molecule has 0 saturated heterocycles. The van der Waals surface area contributed by atoms with Crippen molar-refractivity contribution < 1.29 is 22.0 Å². The van der Waals surface area contributed by atoms with Crippen LogP contribution in [0.25, 0.3) is 11.1 Å². The maximum Gasteiger partial charge on any atom is 0.417 e. The Balaban J connectivity index is 2.10. The number of aromatic nitrogens is 4. The van der Waals surface area contributed by atoms with Gasteiger partial charge in [-0.25, -0.2) is 9.37 Å². The molecule has 3 N–H and O–H groups in total. The summed E-state index contributed by atoms with van der Waals surface area (Å²) >= 11 is 0. The van der Waals surface area contributed by atoms with Crippen molar-refractivity contribution >= 4 is 5.95 Å². The summed E-state index contributed by atoms with van der Waals surface area (Å²) in [6.45, 7) is 0. The smallest absolute Gasteiger partial charge is 0.367 e. The van der Waals surface area contributed by atoms with Crippen molar-refractivity contribution in [3.63, 3.8) is 0 Å². The predicted octanol–water partition coefficient (Wildman–Crippen LogP) is 3.34. The summed E-state index contributed by atoms with van der Waals surface area (Å²) < 4.78 is 67.5. The fraction of sp³-hybridized carbons (Fsp3) is 0.133. The van der Waals surface area contributed by atoms with Crippen LogP contribution in [-0.4, -0.2) is 20.2 Å². The summed E-state index contributed by atoms with van der Waals surface area (Å²) in [6.07, 6.45) is -4.09. The normalized spacial score (nSPS) is 11.7. The largest absolute Gasteiger partial charge is 0.417 e. The lowest BCUT2D eigenvalue weighted by atomic mass is 9.96. The number of rotatable bonds is 3. The van der Waals surface area contributed by atoms with E-state index >= 15 is 0 Å². The number of anilines is 1. The molecule has 10 heteroatoms. The summed E-state index contributed by atoms with van der Waals surface area (Å²) in [4.78, 5) is 7.05. The predicted molar refractivity (Wildman–Crippen MR) is 78.2 cm³/mol. The Morgan fingerprint density at radius 2 is 1.88 bits per heavy atom. The van der Waals surface area contributed by atoms with Crippen LogP contribution < -0.4 is 5.73 Å². The van der Waals surface area contributed by atoms with Crippen LogP contribution in [0.1, 0.15) is 17.0 Å². The van der Waals surface area contributed by atoms with Gasteiger partial charge in [-0.3, -0.25) is 5.10 Å². The molecular formula is C15H10F5N5. The summed E-state index contributed by atoms with van der Waals surface area (Å²) in [5.74, 6) is -1.86. The van der Waals surface area contributed by atoms with Crippen LogP contribution in [0.3, 0.4) is 0 Å². The Hall–Kier alpha value is -3.04. The van der Waals surface area contributed by atoms with Crippen molar-refractivity contribution in [1.29, 1.82) is 0 Å². The third-order valence-corrected chi connectivity index (χ3v) is 3.39. The summed E-state index contributed by atoms with van der Waals surface area (Å²) in [7, 11) is 0. The van der Waals surface area contributed by atoms with Crippen molar-refractivity contribution in [3.8, 4) is 11.1 Å². The Bertz CT molecular complexity index is 902. The summed E-state index contributed by atoms with van der Waals surface area (Å²) in [5, 5.41) is 6.00. The number of pyridine rings is 1. The summed E-state index contributed by atoms with van der Waals surface area (Å²) in [6, 6.07) is 3.65. The van der Waals surface area contributed by atoms with E-state index in [9.17, 15) is 22.0 Å². The van der Waals surface area contributed by atoms with E-state index in [0.29, 0.717) is 0 Å². The molecular weight excluding hydrogens is 345 g/mol. The minimum atomic E-state index is -4.82. The molecule has 0 aliphatic carbocycles. The van der Waals surface area contributed by atoms with E-state index in [4.69, 9.17) is 5.73 Å². The number of nitrogen functional groups attached to an aromatic ring is 1. The number of hydrogen-bond donors (Lipinski definition) is 2. The van der Waals surface area contributed by atoms with Gasteiger partial charge in [-0.15, -0.1) is 5.10 Å². The highest BCUT2D eigenvalue weighted by Crippen LogP contribution is 2.39. The fourth-order valence-corrected chi connectivity index (χ4v) is 2.39. The van der Waals surface area contributed by atoms with Gasteiger partial charge in [-0.05, 0) is 29.8 Å². The van der Waals surface area contributed by atoms with E-state index in [2.05, 4.69) is 20.2 Å². The van der Waals surface area contributed by atoms with Gasteiger partial charge < -0.3 is 5.73 Å². The SMILES string of the molecule is Nc1n[nH]c(Cc2cc(F)c(-c3ccc(F)nc3)c(C(F)(F)F)c2)n1. The molecule has 0 amide bonds. The second kappa shape index (κ2) is 6.11. The standard InChI is InChI=1S/C15H10F5N5/c16-10-4-7(5-12-23-14(21)25-24-12)3-9(15(18,19)20)13(10)8-1-2-11(17)22-6-8/h1-4,6H,5H2,(H3,21,23,24,25). The van der Waals surface area contributed by atoms with Crippen molar-refractivity contribution in [3.05, 3.63) is 59.2 Å². The van der Waals surface area contributed by atoms with Gasteiger partial charge in [0.05, 0.1) is 5.56 Å². The van der Waals surface area contributed by atoms with Crippen molar-refractivity contribution in [2.24, 2.45) is 0 Å². The Labute approximate surface area is 137 Å². The average molecular weight is 355 g/mol. The molecule has 1 aromatic carbocycles. The number of nitrogens with one attached hydrogen (secondary N) is 1. The molecule has 0 unspecified atom stereocenters. The number of aromatic amines is 1. The molecule has 130 valence electrons. The highest BCUT2D eigenvalue weighted by atomic mass is 19.4. The van der Waals surface area contributed by atoms with E-state index in [1.54, 1.807) is 0 Å². The first-order valence-electron chi connectivity index (χ1n) is 6.92. The van der Waals surface area contributed by atoms with Crippen LogP contribution in [-0.2, 0) is 12.6 Å². The van der Waals surface area contributed by atoms with Crippen molar-refractivity contribution in [2.45, 2.75) is 12.6 Å². The number of nitrogens with two attached hydrogens (primary N) is 1. The molecule has 0 aliphatic heterocycles. The van der Waals surface area contributed by atoms with Crippen LogP contribution >= 0.6 is 0 Å². The molecule has 2 aromatic heterocycles. The minimum Gasteiger partial charge on any atom is -0.367 e. The second-order valence-corrected chi connectivity index (χ2v) is 5.18. The first kappa shape index (κ1) is 16.8. The summed E-state index contributed by atoms with van der Waals surface area (Å²) in [5.41, 5.74) is 3.29. The molecule has 3 rings (SSSR count). The van der Waals surface area contributed by atoms with E-state index < -0.39 is 29.1 Å². The minimum absolute atomic E-state index is 0.0276. The van der Waals surface area contributed by atoms with Gasteiger partial charge in [0.2, 0.25) is 11.9 Å². The van der Waals surface area contributed by atoms with Gasteiger partial charge in [0.15, 0.2) is 0 Å². The first-order valence-corrected chi connectivity index (χ1v) is 6.92. The number of alkyl halides is 3. The van der Waals surface area contributed by atoms with E-state index in [0.717, 1.165) is 30.5 Å². The van der Waals surface area contributed by atoms with Gasteiger partial charge in [0.25, 0.3) is 0 Å². The topological polar surface area (TPSA) is 80.5 Å². The van der Waals surface area contributed by atoms with Crippen LogP contribution in [0.15, 0.2) is 30.5 Å². The van der Waals surface area contributed by atoms with Crippen LogP contribution in [0, 0.1) is 11.8 Å². The van der Waals surface area contributed by atoms with Gasteiger partial charge in [-0.2, -0.15) is 22.5 Å². The Kier molecular flexibility index (Phi) is 4.11. The molecule has 25 heavy (non-hydrogen) atoms. The van der Waals surface area contributed by atoms with E-state index in [1.165, 1.54) is 0 Å². The van der Waals surface area contributed by atoms with Crippen LogP contribution in [0.5, 0.6) is 0 Å². The monoisotopic (exact) mass is 355 g/mol. The number of H-pyrrole nitrogens is 1. The lowest BCUT2D eigenvalue weighted by Gasteiger charge is -2.15. The van der Waals surface area contributed by atoms with Crippen LogP contribution in [0.2, 0.25) is 0 Å². The highest BCUT2D eigenvalue weighted by molar-refractivity contribution is 5.68. The van der Waals surface area contributed by atoms with Gasteiger partial charge in [-0.1, -0.05) is 0 Å². The number of nitrogens with zero attached hydrogens (tertiary/aromatic N) is 3. The zero-order chi connectivity index (χ0) is 18.2. The van der Waals surface area contributed by atoms with Crippen molar-refractivity contribution in [1.82, 2.24) is 20.2 Å². The maximum atomic E-state index is 14.4. The molecule has 3 aromatic rings. The number of halogens is 5. The fourth-order valence-electron chi connectivity index (χ4n) is 2.39. The first-order chi connectivity index (χ1) is 11.7. The molecule has 0 radical (unpaired) electrons. The molecule has 0 spiro atoms. The van der Waals surface area contributed by atoms with E-state index in [-0.39, 0.29) is 29.3 Å². The third-order valence-electron chi connectivity index (χ3n) is 3.39. The quantitative estimate of drug-likeness (QED) is 0.558. The zero-order valence-electron chi connectivity index (χ0n) is 12.4. The molecule has 0 fully saturated rings. The van der Waals surface area contributed by atoms with Gasteiger partial charge in [0, 0.05) is 23.7 Å². The lowest BCUT2D eigenvalue weighted by Crippen LogP contribution is -2.10. The van der Waals surface area contributed by atoms with Gasteiger partial charge >= 0.3 is 6.18 Å². The Morgan fingerprint density at radius 1 is 1.12 bits per heavy atom. The van der Waals surface area contributed by atoms with Crippen molar-refractivity contribution in [2.75, 3.05) is 5.73 Å². The van der Waals surface area contributed by atoms with Crippen LogP contribution in [0.4, 0.5) is 27.9 Å². The lowest BCUT2D eigenvalue weighted by molar-refractivity contribution is -0.137. The molecule has 0 bridgehead atoms. The molecule has 0 atom stereocenters. The molecule has 0 aliphatic rings. The maximum absolute atomic E-state index is 14.4. The highest BCUT2D eigenvalue weighted by Gasteiger charge is 2.36. The average Bonchev–Trinajstić information content (AvgIpc) is 2.92. The second-order valence-electron chi connectivity index (χ2n) is 5.18. The molecule has 2 heterocycles. The van der Waals surface area contributed by atoms with E-state index in [1.807, 2.05) is 0 Å². The zero-order valence-corrected chi connectivity index (χ0v) is 12.4.